The van der Waals surface area contributed by atoms with Gasteiger partial charge in [-0.25, -0.2) is 9.97 Å². The first-order valence-corrected chi connectivity index (χ1v) is 11.3. The molecule has 0 atom stereocenters. The Hall–Kier alpha value is -3.63. The van der Waals surface area contributed by atoms with Crippen LogP contribution in [0.25, 0.3) is 22.0 Å². The molecule has 4 aromatic heterocycles. The molecule has 0 unspecified atom stereocenters. The lowest BCUT2D eigenvalue weighted by Gasteiger charge is -2.35. The van der Waals surface area contributed by atoms with Crippen molar-refractivity contribution >= 4 is 27.9 Å². The maximum absolute atomic E-state index is 12.3. The average Bonchev–Trinajstić information content (AvgIpc) is 3.49. The highest BCUT2D eigenvalue weighted by Gasteiger charge is 2.22. The Kier molecular flexibility index (Phi) is 4.66. The fraction of sp³-hybridized carbons (Fsp3) is 0.227. The van der Waals surface area contributed by atoms with Crippen LogP contribution in [-0.4, -0.2) is 60.0 Å². The summed E-state index contributed by atoms with van der Waals surface area (Å²) in [6.07, 6.45) is 3.31. The van der Waals surface area contributed by atoms with E-state index >= 15 is 0 Å². The van der Waals surface area contributed by atoms with Gasteiger partial charge in [-0.1, -0.05) is 30.3 Å². The van der Waals surface area contributed by atoms with Gasteiger partial charge in [-0.2, -0.15) is 14.6 Å². The zero-order valence-electron chi connectivity index (χ0n) is 17.2. The SMILES string of the molecule is O=c1cc(CN2CCN(c3cc(-c4ccccc4)nc4ncnn34)CC2)nc2sccn12. The third kappa shape index (κ3) is 3.43. The van der Waals surface area contributed by atoms with E-state index in [0.29, 0.717) is 12.3 Å². The van der Waals surface area contributed by atoms with Crippen molar-refractivity contribution in [3.05, 3.63) is 76.4 Å². The van der Waals surface area contributed by atoms with Crippen LogP contribution < -0.4 is 10.5 Å². The Balaban J connectivity index is 1.23. The topological polar surface area (TPSA) is 83.9 Å². The molecule has 0 spiro atoms. The minimum Gasteiger partial charge on any atom is -0.354 e. The molecule has 1 aliphatic heterocycles. The molecule has 1 fully saturated rings. The highest BCUT2D eigenvalue weighted by Crippen LogP contribution is 2.24. The second-order valence-electron chi connectivity index (χ2n) is 7.74. The maximum atomic E-state index is 12.3. The van der Waals surface area contributed by atoms with Gasteiger partial charge in [0.05, 0.1) is 11.4 Å². The highest BCUT2D eigenvalue weighted by molar-refractivity contribution is 7.15. The third-order valence-electron chi connectivity index (χ3n) is 5.74. The highest BCUT2D eigenvalue weighted by atomic mass is 32.1. The molecule has 0 bridgehead atoms. The number of hydrogen-bond donors (Lipinski definition) is 0. The Morgan fingerprint density at radius 2 is 1.84 bits per heavy atom. The van der Waals surface area contributed by atoms with Crippen molar-refractivity contribution < 1.29 is 0 Å². The molecule has 160 valence electrons. The van der Waals surface area contributed by atoms with Gasteiger partial charge in [-0.05, 0) is 0 Å². The smallest absolute Gasteiger partial charge is 0.258 e. The van der Waals surface area contributed by atoms with Gasteiger partial charge >= 0.3 is 0 Å². The number of benzene rings is 1. The fourth-order valence-electron chi connectivity index (χ4n) is 4.11. The monoisotopic (exact) mass is 444 g/mol. The normalized spacial score (nSPS) is 15.1. The van der Waals surface area contributed by atoms with E-state index in [-0.39, 0.29) is 5.56 Å². The van der Waals surface area contributed by atoms with Crippen LogP contribution in [0.3, 0.4) is 0 Å². The molecule has 6 rings (SSSR count). The van der Waals surface area contributed by atoms with Gasteiger partial charge in [0.2, 0.25) is 0 Å². The van der Waals surface area contributed by atoms with Crippen LogP contribution in [0.4, 0.5) is 5.82 Å². The van der Waals surface area contributed by atoms with Gasteiger partial charge in [0.1, 0.15) is 12.1 Å². The summed E-state index contributed by atoms with van der Waals surface area (Å²) >= 11 is 1.48. The first-order chi connectivity index (χ1) is 15.7. The summed E-state index contributed by atoms with van der Waals surface area (Å²) in [7, 11) is 0. The number of anilines is 1. The van der Waals surface area contributed by atoms with Crippen LogP contribution in [-0.2, 0) is 6.54 Å². The summed E-state index contributed by atoms with van der Waals surface area (Å²) in [4.78, 5) is 31.3. The van der Waals surface area contributed by atoms with E-state index in [4.69, 9.17) is 0 Å². The van der Waals surface area contributed by atoms with Crippen LogP contribution in [0.1, 0.15) is 5.69 Å². The lowest BCUT2D eigenvalue weighted by atomic mass is 10.1. The Morgan fingerprint density at radius 3 is 2.69 bits per heavy atom. The lowest BCUT2D eigenvalue weighted by molar-refractivity contribution is 0.246. The first-order valence-electron chi connectivity index (χ1n) is 10.4. The minimum absolute atomic E-state index is 0.0244. The van der Waals surface area contributed by atoms with Gasteiger partial charge in [0.15, 0.2) is 4.96 Å². The van der Waals surface area contributed by atoms with Gasteiger partial charge in [-0.15, -0.1) is 11.3 Å². The molecule has 5 aromatic rings. The van der Waals surface area contributed by atoms with Crippen LogP contribution in [0.2, 0.25) is 0 Å². The Labute approximate surface area is 187 Å². The molecule has 5 heterocycles. The Bertz CT molecular complexity index is 1450. The summed E-state index contributed by atoms with van der Waals surface area (Å²) in [5.74, 6) is 1.58. The zero-order valence-corrected chi connectivity index (χ0v) is 18.0. The van der Waals surface area contributed by atoms with Crippen molar-refractivity contribution in [2.24, 2.45) is 0 Å². The second-order valence-corrected chi connectivity index (χ2v) is 8.61. The van der Waals surface area contributed by atoms with E-state index < -0.39 is 0 Å². The largest absolute Gasteiger partial charge is 0.354 e. The summed E-state index contributed by atoms with van der Waals surface area (Å²) in [5, 5.41) is 6.28. The third-order valence-corrected chi connectivity index (χ3v) is 6.50. The molecule has 1 saturated heterocycles. The molecule has 0 saturated carbocycles. The number of rotatable bonds is 4. The van der Waals surface area contributed by atoms with Crippen LogP contribution >= 0.6 is 11.3 Å². The van der Waals surface area contributed by atoms with Crippen molar-refractivity contribution in [1.29, 1.82) is 0 Å². The molecule has 0 radical (unpaired) electrons. The van der Waals surface area contributed by atoms with Crippen molar-refractivity contribution in [3.8, 4) is 11.3 Å². The molecule has 0 N–H and O–H groups in total. The first kappa shape index (κ1) is 19.1. The predicted octanol–water partition coefficient (Wildman–Crippen LogP) is 2.18. The van der Waals surface area contributed by atoms with Crippen LogP contribution in [0.15, 0.2) is 65.2 Å². The van der Waals surface area contributed by atoms with Crippen molar-refractivity contribution in [2.75, 3.05) is 31.1 Å². The van der Waals surface area contributed by atoms with Gasteiger partial charge in [0, 0.05) is 62.0 Å². The standard InChI is InChI=1S/C22H20N8OS/c31-20-12-17(25-22-29(20)10-11-32-22)14-27-6-8-28(9-7-27)19-13-18(16-4-2-1-3-5-16)26-21-23-15-24-30(19)21/h1-5,10-13,15H,6-9,14H2. The molecular formula is C22H20N8OS. The van der Waals surface area contributed by atoms with E-state index in [1.165, 1.54) is 11.3 Å². The number of aromatic nitrogens is 6. The van der Waals surface area contributed by atoms with E-state index in [9.17, 15) is 4.79 Å². The summed E-state index contributed by atoms with van der Waals surface area (Å²) in [5.41, 5.74) is 2.74. The molecule has 1 aromatic carbocycles. The molecule has 10 heteroatoms. The average molecular weight is 445 g/mol. The summed E-state index contributed by atoms with van der Waals surface area (Å²) in [6.45, 7) is 4.08. The van der Waals surface area contributed by atoms with Crippen molar-refractivity contribution in [2.45, 2.75) is 6.54 Å². The van der Waals surface area contributed by atoms with E-state index in [1.807, 2.05) is 23.6 Å². The molecule has 0 amide bonds. The molecule has 0 aliphatic carbocycles. The number of nitrogens with zero attached hydrogens (tertiary/aromatic N) is 8. The van der Waals surface area contributed by atoms with Gasteiger partial charge in [0.25, 0.3) is 11.3 Å². The van der Waals surface area contributed by atoms with Gasteiger partial charge in [-0.3, -0.25) is 14.1 Å². The number of piperazine rings is 1. The van der Waals surface area contributed by atoms with Gasteiger partial charge < -0.3 is 4.90 Å². The van der Waals surface area contributed by atoms with E-state index in [2.05, 4.69) is 48.0 Å². The number of hydrogen-bond acceptors (Lipinski definition) is 8. The van der Waals surface area contributed by atoms with Crippen molar-refractivity contribution in [1.82, 2.24) is 33.9 Å². The summed E-state index contributed by atoms with van der Waals surface area (Å²) in [6, 6.07) is 13.8. The minimum atomic E-state index is -0.0244. The summed E-state index contributed by atoms with van der Waals surface area (Å²) < 4.78 is 3.39. The number of fused-ring (bicyclic) bond motifs is 2. The predicted molar refractivity (Wildman–Crippen MR) is 123 cm³/mol. The quantitative estimate of drug-likeness (QED) is 0.420. The zero-order chi connectivity index (χ0) is 21.5. The molecular weight excluding hydrogens is 424 g/mol. The lowest BCUT2D eigenvalue weighted by Crippen LogP contribution is -2.46. The van der Waals surface area contributed by atoms with E-state index in [1.54, 1.807) is 27.5 Å². The van der Waals surface area contributed by atoms with Crippen LogP contribution in [0, 0.1) is 0 Å². The van der Waals surface area contributed by atoms with Crippen molar-refractivity contribution in [3.63, 3.8) is 0 Å². The number of thiazole rings is 1. The Morgan fingerprint density at radius 1 is 1.00 bits per heavy atom. The maximum Gasteiger partial charge on any atom is 0.258 e. The van der Waals surface area contributed by atoms with Crippen LogP contribution in [0.5, 0.6) is 0 Å². The molecule has 9 nitrogen and oxygen atoms in total. The molecule has 1 aliphatic rings. The molecule has 32 heavy (non-hydrogen) atoms. The van der Waals surface area contributed by atoms with E-state index in [0.717, 1.165) is 53.9 Å². The second kappa shape index (κ2) is 7.81. The fourth-order valence-corrected chi connectivity index (χ4v) is 4.85.